The summed E-state index contributed by atoms with van der Waals surface area (Å²) in [7, 11) is 1.35. The van der Waals surface area contributed by atoms with Gasteiger partial charge >= 0.3 is 12.3 Å². The highest BCUT2D eigenvalue weighted by atomic mass is 19.4. The van der Waals surface area contributed by atoms with E-state index in [0.29, 0.717) is 5.56 Å². The van der Waals surface area contributed by atoms with E-state index in [9.17, 15) is 35.9 Å². The monoisotopic (exact) mass is 540 g/mol. The molecule has 0 unspecified atom stereocenters. The molecule has 1 amide bonds. The number of alkyl halides is 5. The fraction of sp³-hybridized carbons (Fsp3) is 0.407. The molecule has 2 heterocycles. The third-order valence-corrected chi connectivity index (χ3v) is 6.85. The molecule has 2 aromatic carbocycles. The number of nitrogens with zero attached hydrogens (tertiary/aromatic N) is 2. The molecular formula is C27H26F6N2O3. The highest BCUT2D eigenvalue weighted by Crippen LogP contribution is 2.37. The molecule has 0 saturated carbocycles. The molecule has 1 aliphatic rings. The second-order valence-corrected chi connectivity index (χ2v) is 9.50. The first-order valence-electron chi connectivity index (χ1n) is 12.0. The third kappa shape index (κ3) is 5.66. The van der Waals surface area contributed by atoms with E-state index < -0.39 is 60.0 Å². The highest BCUT2D eigenvalue weighted by Gasteiger charge is 2.38. The van der Waals surface area contributed by atoms with Gasteiger partial charge in [0.25, 0.3) is 11.5 Å². The summed E-state index contributed by atoms with van der Waals surface area (Å²) in [6, 6.07) is 8.54. The topological polar surface area (TPSA) is 51.5 Å². The maximum Gasteiger partial charge on any atom is 0.417 e. The van der Waals surface area contributed by atoms with Crippen LogP contribution in [0.25, 0.3) is 10.9 Å². The number of hydrogen-bond acceptors (Lipinski definition) is 3. The number of aryl methyl sites for hydroxylation is 2. The van der Waals surface area contributed by atoms with E-state index in [-0.39, 0.29) is 48.1 Å². The Bertz CT molecular complexity index is 1420. The number of benzene rings is 2. The van der Waals surface area contributed by atoms with Crippen molar-refractivity contribution in [1.29, 1.82) is 0 Å². The van der Waals surface area contributed by atoms with Crippen molar-refractivity contribution in [1.82, 2.24) is 9.47 Å². The van der Waals surface area contributed by atoms with Crippen LogP contribution in [-0.4, -0.2) is 41.2 Å². The van der Waals surface area contributed by atoms with E-state index in [2.05, 4.69) is 0 Å². The maximum absolute atomic E-state index is 14.6. The molecule has 5 nitrogen and oxygen atoms in total. The van der Waals surface area contributed by atoms with Crippen molar-refractivity contribution in [3.63, 3.8) is 0 Å². The Kier molecular flexibility index (Phi) is 7.49. The number of aromatic nitrogens is 1. The number of likely N-dealkylation sites (tertiary alicyclic amines) is 1. The molecule has 204 valence electrons. The summed E-state index contributed by atoms with van der Waals surface area (Å²) >= 11 is 0. The lowest BCUT2D eigenvalue weighted by molar-refractivity contribution is -0.137. The molecule has 11 heteroatoms. The summed E-state index contributed by atoms with van der Waals surface area (Å²) < 4.78 is 90.5. The number of carbonyl (C=O) groups is 1. The van der Waals surface area contributed by atoms with Crippen molar-refractivity contribution in [2.45, 2.75) is 44.7 Å². The molecule has 0 atom stereocenters. The van der Waals surface area contributed by atoms with Crippen LogP contribution in [0.1, 0.15) is 40.7 Å². The van der Waals surface area contributed by atoms with Crippen LogP contribution >= 0.6 is 0 Å². The van der Waals surface area contributed by atoms with E-state index in [0.717, 1.165) is 4.57 Å². The van der Waals surface area contributed by atoms with Gasteiger partial charge in [-0.1, -0.05) is 24.3 Å². The predicted molar refractivity (Wildman–Crippen MR) is 129 cm³/mol. The van der Waals surface area contributed by atoms with Gasteiger partial charge in [-0.05, 0) is 35.7 Å². The SMILES string of the molecule is Cc1cccc(Cc2c(C(F)(F)F)c3cc(CCOC(=O)N4CCC(F)(F)CC4)ccc3n(C)c2=O)c1F. The number of piperidine rings is 1. The number of halogens is 6. The quantitative estimate of drug-likeness (QED) is 0.373. The number of hydrogen-bond donors (Lipinski definition) is 0. The molecule has 3 aromatic rings. The largest absolute Gasteiger partial charge is 0.449 e. The average Bonchev–Trinajstić information content (AvgIpc) is 2.84. The molecule has 1 aromatic heterocycles. The zero-order valence-electron chi connectivity index (χ0n) is 20.8. The molecule has 0 aliphatic carbocycles. The molecular weight excluding hydrogens is 514 g/mol. The molecule has 1 fully saturated rings. The van der Waals surface area contributed by atoms with Crippen molar-refractivity contribution in [2.75, 3.05) is 19.7 Å². The Hall–Kier alpha value is -3.50. The second kappa shape index (κ2) is 10.3. The third-order valence-electron chi connectivity index (χ3n) is 6.85. The Morgan fingerprint density at radius 3 is 2.45 bits per heavy atom. The normalized spacial score (nSPS) is 15.6. The first-order valence-corrected chi connectivity index (χ1v) is 12.0. The Labute approximate surface area is 214 Å². The summed E-state index contributed by atoms with van der Waals surface area (Å²) in [5.41, 5.74) is -1.89. The first kappa shape index (κ1) is 27.5. The molecule has 4 rings (SSSR count). The number of pyridine rings is 1. The van der Waals surface area contributed by atoms with E-state index >= 15 is 0 Å². The zero-order chi connectivity index (χ0) is 27.8. The van der Waals surface area contributed by atoms with Gasteiger partial charge in [-0.2, -0.15) is 13.2 Å². The molecule has 38 heavy (non-hydrogen) atoms. The van der Waals surface area contributed by atoms with Crippen molar-refractivity contribution < 1.29 is 35.9 Å². The van der Waals surface area contributed by atoms with Gasteiger partial charge in [-0.3, -0.25) is 4.79 Å². The van der Waals surface area contributed by atoms with Gasteiger partial charge in [-0.25, -0.2) is 18.0 Å². The second-order valence-electron chi connectivity index (χ2n) is 9.50. The van der Waals surface area contributed by atoms with E-state index in [1.54, 1.807) is 0 Å². The van der Waals surface area contributed by atoms with Gasteiger partial charge in [0, 0.05) is 56.8 Å². The maximum atomic E-state index is 14.6. The van der Waals surface area contributed by atoms with Gasteiger partial charge in [-0.15, -0.1) is 0 Å². The van der Waals surface area contributed by atoms with Crippen molar-refractivity contribution in [3.05, 3.63) is 80.4 Å². The fourth-order valence-electron chi connectivity index (χ4n) is 4.70. The van der Waals surface area contributed by atoms with Crippen molar-refractivity contribution in [3.8, 4) is 0 Å². The average molecular weight is 541 g/mol. The minimum Gasteiger partial charge on any atom is -0.449 e. The minimum atomic E-state index is -4.90. The lowest BCUT2D eigenvalue weighted by atomic mass is 9.94. The lowest BCUT2D eigenvalue weighted by Gasteiger charge is -2.30. The van der Waals surface area contributed by atoms with Gasteiger partial charge in [0.1, 0.15) is 5.82 Å². The van der Waals surface area contributed by atoms with Gasteiger partial charge in [0.15, 0.2) is 0 Å². The van der Waals surface area contributed by atoms with Gasteiger partial charge in [0.05, 0.1) is 17.7 Å². The van der Waals surface area contributed by atoms with E-state index in [4.69, 9.17) is 4.74 Å². The summed E-state index contributed by atoms with van der Waals surface area (Å²) in [5, 5.41) is -0.232. The van der Waals surface area contributed by atoms with Crippen LogP contribution < -0.4 is 5.56 Å². The standard InChI is InChI=1S/C27H26F6N2O3/c1-16-4-3-5-18(23(16)28)15-20-22(27(31,32)33)19-14-17(6-7-21(19)34(2)24(20)36)8-13-38-25(37)35-11-9-26(29,30)10-12-35/h3-7,14H,8-13,15H2,1-2H3. The minimum absolute atomic E-state index is 0.0227. The number of rotatable bonds is 5. The Morgan fingerprint density at radius 1 is 1.11 bits per heavy atom. The van der Waals surface area contributed by atoms with Crippen LogP contribution in [-0.2, 0) is 30.8 Å². The van der Waals surface area contributed by atoms with Gasteiger partial charge < -0.3 is 14.2 Å². The van der Waals surface area contributed by atoms with Crippen LogP contribution in [0, 0.1) is 12.7 Å². The smallest absolute Gasteiger partial charge is 0.417 e. The number of ether oxygens (including phenoxy) is 1. The summed E-state index contributed by atoms with van der Waals surface area (Å²) in [6.45, 7) is 1.03. The Balaban J connectivity index is 1.63. The molecule has 1 saturated heterocycles. The predicted octanol–water partition coefficient (Wildman–Crippen LogP) is 6.01. The number of carbonyl (C=O) groups excluding carboxylic acids is 1. The van der Waals surface area contributed by atoms with Crippen LogP contribution in [0.4, 0.5) is 31.1 Å². The summed E-state index contributed by atoms with van der Waals surface area (Å²) in [4.78, 5) is 26.4. The molecule has 0 bridgehead atoms. The summed E-state index contributed by atoms with van der Waals surface area (Å²) in [6.07, 6.45) is -7.05. The zero-order valence-corrected chi connectivity index (χ0v) is 20.8. The van der Waals surface area contributed by atoms with Crippen molar-refractivity contribution in [2.24, 2.45) is 7.05 Å². The molecule has 0 N–H and O–H groups in total. The lowest BCUT2D eigenvalue weighted by Crippen LogP contribution is -2.43. The van der Waals surface area contributed by atoms with Crippen LogP contribution in [0.3, 0.4) is 0 Å². The molecule has 0 spiro atoms. The molecule has 1 aliphatic heterocycles. The first-order chi connectivity index (χ1) is 17.8. The number of amides is 1. The fourth-order valence-corrected chi connectivity index (χ4v) is 4.70. The molecule has 0 radical (unpaired) electrons. The highest BCUT2D eigenvalue weighted by molar-refractivity contribution is 5.85. The van der Waals surface area contributed by atoms with Crippen LogP contribution in [0.15, 0.2) is 41.2 Å². The van der Waals surface area contributed by atoms with Crippen LogP contribution in [0.5, 0.6) is 0 Å². The van der Waals surface area contributed by atoms with E-state index in [1.165, 1.54) is 55.3 Å². The van der Waals surface area contributed by atoms with Crippen molar-refractivity contribution >= 4 is 17.0 Å². The van der Waals surface area contributed by atoms with Crippen LogP contribution in [0.2, 0.25) is 0 Å². The number of fused-ring (bicyclic) bond motifs is 1. The Morgan fingerprint density at radius 2 is 1.79 bits per heavy atom. The summed E-state index contributed by atoms with van der Waals surface area (Å²) in [5.74, 6) is -3.49. The van der Waals surface area contributed by atoms with Gasteiger partial charge in [0.2, 0.25) is 0 Å². The van der Waals surface area contributed by atoms with E-state index in [1.807, 2.05) is 0 Å².